The van der Waals surface area contributed by atoms with E-state index in [-0.39, 0.29) is 12.0 Å². The minimum atomic E-state index is 0.0550. The highest BCUT2D eigenvalue weighted by Crippen LogP contribution is 2.36. The molecule has 0 aromatic carbocycles. The standard InChI is InChI=1S/C25H33N5O2/c1-17-10-24-23(14-22(17)18(15-26)16-27)25(4-5-28-24)30-8-6-29(7-9-30)19-11-20(31-2)13-21(12-19)32-3/h4-5,11-12,14-17,20,26H,6-10,13,27H2,1-3H3/b18-16+,26-15?. The molecule has 1 fully saturated rings. The third kappa shape index (κ3) is 4.30. The van der Waals surface area contributed by atoms with Crippen LogP contribution in [0.15, 0.2) is 53.2 Å². The van der Waals surface area contributed by atoms with Crippen LogP contribution < -0.4 is 10.6 Å². The zero-order chi connectivity index (χ0) is 22.7. The molecule has 2 atom stereocenters. The minimum Gasteiger partial charge on any atom is -0.501 e. The molecular weight excluding hydrogens is 402 g/mol. The lowest BCUT2D eigenvalue weighted by molar-refractivity contribution is 0.117. The molecular formula is C25H33N5O2. The Morgan fingerprint density at radius 1 is 1.16 bits per heavy atom. The van der Waals surface area contributed by atoms with Crippen LogP contribution in [0.25, 0.3) is 6.08 Å². The number of methoxy groups -OCH3 is 2. The molecule has 0 amide bonds. The van der Waals surface area contributed by atoms with E-state index in [1.165, 1.54) is 23.8 Å². The van der Waals surface area contributed by atoms with Crippen molar-refractivity contribution < 1.29 is 9.47 Å². The fraction of sp³-hybridized carbons (Fsp3) is 0.440. The van der Waals surface area contributed by atoms with E-state index in [0.29, 0.717) is 0 Å². The smallest absolute Gasteiger partial charge is 0.100 e. The molecule has 170 valence electrons. The summed E-state index contributed by atoms with van der Waals surface area (Å²) in [5, 5.41) is 7.72. The second-order valence-electron chi connectivity index (χ2n) is 8.52. The van der Waals surface area contributed by atoms with Crippen molar-refractivity contribution in [1.82, 2.24) is 9.88 Å². The number of aromatic nitrogens is 1. The van der Waals surface area contributed by atoms with Crippen LogP contribution >= 0.6 is 0 Å². The summed E-state index contributed by atoms with van der Waals surface area (Å²) in [6.45, 7) is 5.86. The molecule has 7 nitrogen and oxygen atoms in total. The summed E-state index contributed by atoms with van der Waals surface area (Å²) in [4.78, 5) is 9.51. The predicted molar refractivity (Wildman–Crippen MR) is 129 cm³/mol. The molecule has 2 aliphatic carbocycles. The second-order valence-corrected chi connectivity index (χ2v) is 8.52. The molecule has 32 heavy (non-hydrogen) atoms. The highest BCUT2D eigenvalue weighted by Gasteiger charge is 2.27. The van der Waals surface area contributed by atoms with Gasteiger partial charge in [0.2, 0.25) is 0 Å². The van der Waals surface area contributed by atoms with Gasteiger partial charge >= 0.3 is 0 Å². The van der Waals surface area contributed by atoms with Gasteiger partial charge in [-0.15, -0.1) is 0 Å². The van der Waals surface area contributed by atoms with Crippen molar-refractivity contribution in [3.8, 4) is 0 Å². The van der Waals surface area contributed by atoms with Crippen molar-refractivity contribution in [1.29, 1.82) is 5.41 Å². The molecule has 2 unspecified atom stereocenters. The Kier molecular flexibility index (Phi) is 6.65. The number of fused-ring (bicyclic) bond motifs is 1. The summed E-state index contributed by atoms with van der Waals surface area (Å²) in [5.41, 5.74) is 12.3. The lowest BCUT2D eigenvalue weighted by Crippen LogP contribution is -2.46. The zero-order valence-corrected chi connectivity index (χ0v) is 19.2. The Balaban J connectivity index is 1.55. The first-order valence-electron chi connectivity index (χ1n) is 11.2. The Morgan fingerprint density at radius 3 is 2.56 bits per heavy atom. The van der Waals surface area contributed by atoms with E-state index in [9.17, 15) is 0 Å². The summed E-state index contributed by atoms with van der Waals surface area (Å²) in [5.74, 6) is 1.24. The van der Waals surface area contributed by atoms with Gasteiger partial charge in [0.15, 0.2) is 0 Å². The number of hydrogen-bond acceptors (Lipinski definition) is 7. The van der Waals surface area contributed by atoms with Gasteiger partial charge in [0.25, 0.3) is 0 Å². The average molecular weight is 436 g/mol. The van der Waals surface area contributed by atoms with Gasteiger partial charge in [0.1, 0.15) is 5.76 Å². The van der Waals surface area contributed by atoms with E-state index >= 15 is 0 Å². The van der Waals surface area contributed by atoms with Crippen LogP contribution in [0.3, 0.4) is 0 Å². The highest BCUT2D eigenvalue weighted by molar-refractivity contribution is 5.87. The Morgan fingerprint density at radius 2 is 1.91 bits per heavy atom. The molecule has 1 aliphatic heterocycles. The van der Waals surface area contributed by atoms with Crippen molar-refractivity contribution in [3.63, 3.8) is 0 Å². The van der Waals surface area contributed by atoms with Crippen LogP contribution in [0, 0.1) is 11.3 Å². The number of hydrogen-bond donors (Lipinski definition) is 2. The van der Waals surface area contributed by atoms with Crippen LogP contribution in [-0.4, -0.2) is 62.6 Å². The SMILES string of the molecule is COC1=CC(N2CCN(c3ccnc4c3C=C(/C(C=N)=C/N)C(C)C4)CC2)=CC(OC)C1. The maximum atomic E-state index is 7.72. The van der Waals surface area contributed by atoms with Gasteiger partial charge in [-0.05, 0) is 42.2 Å². The Labute approximate surface area is 190 Å². The molecule has 7 heteroatoms. The molecule has 0 bridgehead atoms. The van der Waals surface area contributed by atoms with Crippen molar-refractivity contribution in [2.24, 2.45) is 11.7 Å². The summed E-state index contributed by atoms with van der Waals surface area (Å²) in [6, 6.07) is 2.11. The van der Waals surface area contributed by atoms with Gasteiger partial charge in [-0.25, -0.2) is 0 Å². The first kappa shape index (κ1) is 22.1. The second kappa shape index (κ2) is 9.61. The van der Waals surface area contributed by atoms with Gasteiger partial charge in [0.05, 0.1) is 18.9 Å². The number of nitrogens with zero attached hydrogens (tertiary/aromatic N) is 3. The highest BCUT2D eigenvalue weighted by atomic mass is 16.5. The van der Waals surface area contributed by atoms with E-state index < -0.39 is 0 Å². The predicted octanol–water partition coefficient (Wildman–Crippen LogP) is 3.10. The van der Waals surface area contributed by atoms with Gasteiger partial charge in [0, 0.05) is 80.8 Å². The molecule has 0 saturated carbocycles. The first-order valence-corrected chi connectivity index (χ1v) is 11.2. The topological polar surface area (TPSA) is 87.7 Å². The van der Waals surface area contributed by atoms with Crippen molar-refractivity contribution in [3.05, 3.63) is 64.5 Å². The van der Waals surface area contributed by atoms with E-state index in [1.54, 1.807) is 14.2 Å². The number of piperazine rings is 1. The molecule has 0 radical (unpaired) electrons. The molecule has 1 saturated heterocycles. The molecule has 1 aromatic rings. The van der Waals surface area contributed by atoms with Crippen LogP contribution in [0.1, 0.15) is 24.6 Å². The molecule has 3 N–H and O–H groups in total. The average Bonchev–Trinajstić information content (AvgIpc) is 2.84. The maximum Gasteiger partial charge on any atom is 0.100 e. The molecule has 0 spiro atoms. The fourth-order valence-electron chi connectivity index (χ4n) is 4.81. The molecule has 2 heterocycles. The third-order valence-electron chi connectivity index (χ3n) is 6.67. The summed E-state index contributed by atoms with van der Waals surface area (Å²) in [6.07, 6.45) is 13.0. The monoisotopic (exact) mass is 435 g/mol. The molecule has 1 aromatic heterocycles. The zero-order valence-electron chi connectivity index (χ0n) is 19.2. The largest absolute Gasteiger partial charge is 0.501 e. The quantitative estimate of drug-likeness (QED) is 0.668. The number of nitrogens with two attached hydrogens (primary N) is 1. The van der Waals surface area contributed by atoms with Crippen molar-refractivity contribution in [2.45, 2.75) is 25.9 Å². The number of pyridine rings is 1. The van der Waals surface area contributed by atoms with Gasteiger partial charge < -0.3 is 30.4 Å². The molecule has 3 aliphatic rings. The van der Waals surface area contributed by atoms with Gasteiger partial charge in [-0.1, -0.05) is 6.92 Å². The number of nitrogens with one attached hydrogen (secondary N) is 1. The maximum absolute atomic E-state index is 7.72. The van der Waals surface area contributed by atoms with E-state index in [0.717, 1.165) is 67.2 Å². The first-order chi connectivity index (χ1) is 15.6. The normalized spacial score (nSPS) is 23.7. The van der Waals surface area contributed by atoms with Crippen molar-refractivity contribution >= 4 is 18.0 Å². The summed E-state index contributed by atoms with van der Waals surface area (Å²) in [7, 11) is 3.46. The van der Waals surface area contributed by atoms with Crippen LogP contribution in [0.4, 0.5) is 5.69 Å². The Bertz CT molecular complexity index is 986. The number of ether oxygens (including phenoxy) is 2. The van der Waals surface area contributed by atoms with Crippen LogP contribution in [-0.2, 0) is 15.9 Å². The van der Waals surface area contributed by atoms with Gasteiger partial charge in [-0.2, -0.15) is 0 Å². The van der Waals surface area contributed by atoms with E-state index in [2.05, 4.69) is 46.0 Å². The number of anilines is 1. The lowest BCUT2D eigenvalue weighted by Gasteiger charge is -2.40. The lowest BCUT2D eigenvalue weighted by atomic mass is 9.83. The van der Waals surface area contributed by atoms with Crippen molar-refractivity contribution in [2.75, 3.05) is 45.3 Å². The Hall–Kier alpha value is -3.06. The van der Waals surface area contributed by atoms with E-state index in [1.807, 2.05) is 6.20 Å². The van der Waals surface area contributed by atoms with Crippen LogP contribution in [0.5, 0.6) is 0 Å². The summed E-state index contributed by atoms with van der Waals surface area (Å²) < 4.78 is 11.1. The fourth-order valence-corrected chi connectivity index (χ4v) is 4.81. The minimum absolute atomic E-state index is 0.0550. The number of rotatable bonds is 6. The summed E-state index contributed by atoms with van der Waals surface area (Å²) >= 11 is 0. The van der Waals surface area contributed by atoms with Crippen LogP contribution in [0.2, 0.25) is 0 Å². The van der Waals surface area contributed by atoms with Gasteiger partial charge in [-0.3, -0.25) is 4.98 Å². The van der Waals surface area contributed by atoms with E-state index in [4.69, 9.17) is 20.6 Å². The third-order valence-corrected chi connectivity index (χ3v) is 6.67. The number of allylic oxidation sites excluding steroid dienone is 3. The molecule has 4 rings (SSSR count).